The molecule has 0 amide bonds. The third-order valence-corrected chi connectivity index (χ3v) is 5.35. The van der Waals surface area contributed by atoms with E-state index in [1.165, 1.54) is 11.8 Å². The maximum absolute atomic E-state index is 7.46. The molecule has 0 aliphatic heterocycles. The fourth-order valence-electron chi connectivity index (χ4n) is 2.96. The number of hydrogen-bond donors (Lipinski definition) is 3. The molecule has 180 valence electrons. The first-order chi connectivity index (χ1) is 16.3. The molecule has 0 saturated heterocycles. The number of nitrogens with one attached hydrogen (secondary N) is 2. The van der Waals surface area contributed by atoms with Crippen molar-refractivity contribution in [2.45, 2.75) is 47.5 Å². The second-order valence-corrected chi connectivity index (χ2v) is 7.90. The number of nitrogens with two attached hydrogens (primary N) is 1. The van der Waals surface area contributed by atoms with E-state index < -0.39 is 0 Å². The Hall–Kier alpha value is -3.87. The molecule has 0 aliphatic rings. The van der Waals surface area contributed by atoms with Gasteiger partial charge in [-0.3, -0.25) is 0 Å². The average Bonchev–Trinajstić information content (AvgIpc) is 3.30. The molecule has 0 bridgehead atoms. The van der Waals surface area contributed by atoms with Crippen molar-refractivity contribution < 1.29 is 9.15 Å². The van der Waals surface area contributed by atoms with E-state index >= 15 is 0 Å². The van der Waals surface area contributed by atoms with Gasteiger partial charge in [-0.15, -0.1) is 5.10 Å². The smallest absolute Gasteiger partial charge is 0.320 e. The van der Waals surface area contributed by atoms with Gasteiger partial charge in [0, 0.05) is 34.3 Å². The fourth-order valence-corrected chi connectivity index (χ4v) is 2.96. The summed E-state index contributed by atoms with van der Waals surface area (Å²) in [5.41, 5.74) is 10.4. The predicted molar refractivity (Wildman–Crippen MR) is 141 cm³/mol. The highest BCUT2D eigenvalue weighted by atomic mass is 16.5. The zero-order valence-electron chi connectivity index (χ0n) is 20.7. The van der Waals surface area contributed by atoms with Crippen LogP contribution in [0.15, 0.2) is 76.7 Å². The summed E-state index contributed by atoms with van der Waals surface area (Å²) in [5, 5.41) is 18.8. The van der Waals surface area contributed by atoms with Crippen molar-refractivity contribution in [1.82, 2.24) is 10.2 Å². The second-order valence-electron chi connectivity index (χ2n) is 7.90. The minimum atomic E-state index is 0.231. The number of hydrogen-bond acceptors (Lipinski definition) is 7. The Kier molecular flexibility index (Phi) is 10.1. The number of ether oxygens (including phenoxy) is 1. The molecule has 4 N–H and O–H groups in total. The van der Waals surface area contributed by atoms with Gasteiger partial charge < -0.3 is 25.6 Å². The number of aromatic nitrogens is 2. The summed E-state index contributed by atoms with van der Waals surface area (Å²) in [6.45, 7) is 14.5. The quantitative estimate of drug-likeness (QED) is 0.134. The van der Waals surface area contributed by atoms with Crippen LogP contribution < -0.4 is 11.1 Å². The summed E-state index contributed by atoms with van der Waals surface area (Å²) in [5.74, 6) is 1.34. The standard InChI is InChI=1S/C27H35N5O2/c1-7-10-21(20(6)33-17-19(5)18(4)9-3)14-22(11-8-2)26-31-32-27(34-26)30-24-12-13-25(29)23(15-24)16-28/h8,10-18,28H,6-7,9,29H2,1-5H3,(H,30,32)/b11-8-,19-17-,21-10-,22-14+,28-16?. The van der Waals surface area contributed by atoms with E-state index in [0.29, 0.717) is 34.5 Å². The van der Waals surface area contributed by atoms with Gasteiger partial charge in [0.25, 0.3) is 0 Å². The van der Waals surface area contributed by atoms with Gasteiger partial charge in [-0.05, 0) is 62.5 Å². The first-order valence-electron chi connectivity index (χ1n) is 11.4. The van der Waals surface area contributed by atoms with Crippen LogP contribution in [0.3, 0.4) is 0 Å². The van der Waals surface area contributed by atoms with E-state index in [2.05, 4.69) is 49.8 Å². The Morgan fingerprint density at radius 2 is 2.09 bits per heavy atom. The lowest BCUT2D eigenvalue weighted by Gasteiger charge is -2.11. The zero-order valence-corrected chi connectivity index (χ0v) is 20.7. The number of allylic oxidation sites excluding steroid dienone is 6. The lowest BCUT2D eigenvalue weighted by molar-refractivity contribution is 0.355. The number of rotatable bonds is 12. The molecule has 1 atom stereocenters. The van der Waals surface area contributed by atoms with Gasteiger partial charge in [0.05, 0.1) is 6.26 Å². The number of benzene rings is 1. The lowest BCUT2D eigenvalue weighted by Crippen LogP contribution is -1.96. The van der Waals surface area contributed by atoms with Crippen molar-refractivity contribution in [1.29, 1.82) is 5.41 Å². The van der Waals surface area contributed by atoms with Crippen molar-refractivity contribution in [2.24, 2.45) is 5.92 Å². The van der Waals surface area contributed by atoms with E-state index in [4.69, 9.17) is 20.3 Å². The van der Waals surface area contributed by atoms with Gasteiger partial charge in [-0.25, -0.2) is 0 Å². The summed E-state index contributed by atoms with van der Waals surface area (Å²) < 4.78 is 11.7. The molecule has 0 aliphatic carbocycles. The first kappa shape index (κ1) is 26.4. The molecule has 0 spiro atoms. The Labute approximate surface area is 202 Å². The van der Waals surface area contributed by atoms with Gasteiger partial charge in [0.15, 0.2) is 0 Å². The topological polar surface area (TPSA) is 110 Å². The molecule has 0 radical (unpaired) electrons. The normalized spacial score (nSPS) is 13.7. The van der Waals surface area contributed by atoms with Gasteiger partial charge in [-0.1, -0.05) is 50.7 Å². The van der Waals surface area contributed by atoms with E-state index in [-0.39, 0.29) is 6.01 Å². The largest absolute Gasteiger partial charge is 0.465 e. The second kappa shape index (κ2) is 13.0. The summed E-state index contributed by atoms with van der Waals surface area (Å²) in [7, 11) is 0. The van der Waals surface area contributed by atoms with Crippen LogP contribution in [0.1, 0.15) is 58.9 Å². The van der Waals surface area contributed by atoms with Crippen molar-refractivity contribution in [3.63, 3.8) is 0 Å². The summed E-state index contributed by atoms with van der Waals surface area (Å²) in [4.78, 5) is 0. The van der Waals surface area contributed by atoms with Crippen molar-refractivity contribution in [2.75, 3.05) is 11.1 Å². The van der Waals surface area contributed by atoms with E-state index in [0.717, 1.165) is 24.0 Å². The van der Waals surface area contributed by atoms with E-state index in [1.807, 2.05) is 31.2 Å². The van der Waals surface area contributed by atoms with Gasteiger partial charge in [-0.2, -0.15) is 0 Å². The predicted octanol–water partition coefficient (Wildman–Crippen LogP) is 7.17. The van der Waals surface area contributed by atoms with Crippen LogP contribution in [0.5, 0.6) is 0 Å². The highest BCUT2D eigenvalue weighted by Crippen LogP contribution is 2.25. The molecule has 2 aromatic rings. The van der Waals surface area contributed by atoms with Crippen LogP contribution >= 0.6 is 0 Å². The van der Waals surface area contributed by atoms with Gasteiger partial charge in [0.1, 0.15) is 5.76 Å². The van der Waals surface area contributed by atoms with Crippen molar-refractivity contribution in [3.8, 4) is 0 Å². The van der Waals surface area contributed by atoms with Crippen LogP contribution in [0.4, 0.5) is 17.4 Å². The summed E-state index contributed by atoms with van der Waals surface area (Å²) >= 11 is 0. The molecule has 7 nitrogen and oxygen atoms in total. The van der Waals surface area contributed by atoms with Crippen molar-refractivity contribution in [3.05, 3.63) is 83.7 Å². The first-order valence-corrected chi connectivity index (χ1v) is 11.4. The van der Waals surface area contributed by atoms with Crippen LogP contribution in [0, 0.1) is 11.3 Å². The summed E-state index contributed by atoms with van der Waals surface area (Å²) in [6, 6.07) is 5.48. The van der Waals surface area contributed by atoms with Crippen LogP contribution in [0.25, 0.3) is 5.57 Å². The Morgan fingerprint density at radius 3 is 2.74 bits per heavy atom. The van der Waals surface area contributed by atoms with E-state index in [9.17, 15) is 0 Å². The molecule has 1 aromatic carbocycles. The molecular formula is C27H35N5O2. The number of nitrogens with zero attached hydrogens (tertiary/aromatic N) is 2. The SMILES string of the molecule is C=C(O/C=C(/C)C(C)CC)C(=C\CC)/C=C(\C=C/C)c1nnc(Nc2ccc(N)c(C=N)c2)o1. The van der Waals surface area contributed by atoms with Crippen LogP contribution in [-0.4, -0.2) is 16.4 Å². The lowest BCUT2D eigenvalue weighted by atomic mass is 10.0. The highest BCUT2D eigenvalue weighted by Gasteiger charge is 2.12. The zero-order chi connectivity index (χ0) is 25.1. The molecule has 0 saturated carbocycles. The molecule has 2 rings (SSSR count). The van der Waals surface area contributed by atoms with Gasteiger partial charge in [0.2, 0.25) is 5.89 Å². The molecule has 1 aromatic heterocycles. The molecule has 7 heteroatoms. The van der Waals surface area contributed by atoms with Crippen LogP contribution in [0.2, 0.25) is 0 Å². The third-order valence-electron chi connectivity index (χ3n) is 5.35. The maximum Gasteiger partial charge on any atom is 0.320 e. The Morgan fingerprint density at radius 1 is 1.32 bits per heavy atom. The number of anilines is 3. The van der Waals surface area contributed by atoms with Crippen molar-refractivity contribution >= 4 is 29.2 Å². The molecule has 0 fully saturated rings. The molecular weight excluding hydrogens is 426 g/mol. The summed E-state index contributed by atoms with van der Waals surface area (Å²) in [6.07, 6.45) is 12.6. The highest BCUT2D eigenvalue weighted by molar-refractivity contribution is 5.87. The minimum absolute atomic E-state index is 0.231. The minimum Gasteiger partial charge on any atom is -0.465 e. The Bertz CT molecular complexity index is 1120. The third kappa shape index (κ3) is 7.33. The molecule has 1 heterocycles. The van der Waals surface area contributed by atoms with E-state index in [1.54, 1.807) is 24.5 Å². The molecule has 1 unspecified atom stereocenters. The average molecular weight is 462 g/mol. The molecule has 34 heavy (non-hydrogen) atoms. The number of nitrogen functional groups attached to an aromatic ring is 1. The fraction of sp³-hybridized carbons (Fsp3) is 0.296. The van der Waals surface area contributed by atoms with Crippen LogP contribution in [-0.2, 0) is 4.74 Å². The maximum atomic E-state index is 7.46. The Balaban J connectivity index is 2.29. The van der Waals surface area contributed by atoms with Gasteiger partial charge >= 0.3 is 6.01 Å². The monoisotopic (exact) mass is 461 g/mol.